The second kappa shape index (κ2) is 6.05. The molecule has 0 aromatic heterocycles. The zero-order valence-corrected chi connectivity index (χ0v) is 12.0. The molecule has 0 radical (unpaired) electrons. The van der Waals surface area contributed by atoms with E-state index in [1.54, 1.807) is 11.8 Å². The van der Waals surface area contributed by atoms with Crippen LogP contribution in [0.3, 0.4) is 0 Å². The van der Waals surface area contributed by atoms with Gasteiger partial charge in [0.15, 0.2) is 0 Å². The predicted octanol–water partition coefficient (Wildman–Crippen LogP) is 1.46. The molecule has 108 valence electrons. The first-order valence-electron chi connectivity index (χ1n) is 6.90. The van der Waals surface area contributed by atoms with Crippen molar-refractivity contribution in [2.24, 2.45) is 11.8 Å². The molecular formula is C15H21N3O2. The Balaban J connectivity index is 2.02. The maximum Gasteiger partial charge on any atom is 0.244 e. The Hall–Kier alpha value is -1.88. The van der Waals surface area contributed by atoms with Crippen LogP contribution in [0.15, 0.2) is 24.3 Å². The van der Waals surface area contributed by atoms with Crippen molar-refractivity contribution in [2.75, 3.05) is 18.1 Å². The predicted molar refractivity (Wildman–Crippen MR) is 77.8 cm³/mol. The molecule has 1 aliphatic heterocycles. The molecule has 0 spiro atoms. The zero-order chi connectivity index (χ0) is 14.7. The average molecular weight is 275 g/mol. The Labute approximate surface area is 119 Å². The number of nitrogens with zero attached hydrogens (tertiary/aromatic N) is 2. The van der Waals surface area contributed by atoms with Crippen molar-refractivity contribution in [3.63, 3.8) is 0 Å². The standard InChI is InChI=1S/C15H21N3O2/c1-11-5-3-4-6-14(11)18(16)15(20)13-7-9-17(10-8-13)12(2)19/h3-6,13H,7-10,16H2,1-2H3. The topological polar surface area (TPSA) is 66.6 Å². The fraction of sp³-hybridized carbons (Fsp3) is 0.467. The molecule has 1 aromatic rings. The van der Waals surface area contributed by atoms with Gasteiger partial charge in [-0.15, -0.1) is 0 Å². The number of para-hydroxylation sites is 1. The summed E-state index contributed by atoms with van der Waals surface area (Å²) in [5.41, 5.74) is 1.72. The Morgan fingerprint density at radius 1 is 1.25 bits per heavy atom. The van der Waals surface area contributed by atoms with Gasteiger partial charge in [0.05, 0.1) is 5.69 Å². The number of aryl methyl sites for hydroxylation is 1. The van der Waals surface area contributed by atoms with Gasteiger partial charge in [0, 0.05) is 25.9 Å². The van der Waals surface area contributed by atoms with Crippen molar-refractivity contribution in [1.82, 2.24) is 4.90 Å². The number of piperidine rings is 1. The zero-order valence-electron chi connectivity index (χ0n) is 12.0. The molecule has 1 aromatic carbocycles. The summed E-state index contributed by atoms with van der Waals surface area (Å²) in [5, 5.41) is 1.25. The highest BCUT2D eigenvalue weighted by molar-refractivity contribution is 5.94. The number of likely N-dealkylation sites (tertiary alicyclic amines) is 1. The van der Waals surface area contributed by atoms with Gasteiger partial charge >= 0.3 is 0 Å². The summed E-state index contributed by atoms with van der Waals surface area (Å²) in [6.45, 7) is 4.76. The molecule has 0 unspecified atom stereocenters. The lowest BCUT2D eigenvalue weighted by Gasteiger charge is -2.32. The van der Waals surface area contributed by atoms with Crippen molar-refractivity contribution in [2.45, 2.75) is 26.7 Å². The molecule has 20 heavy (non-hydrogen) atoms. The fourth-order valence-corrected chi connectivity index (χ4v) is 2.59. The Morgan fingerprint density at radius 2 is 1.85 bits per heavy atom. The van der Waals surface area contributed by atoms with Gasteiger partial charge in [0.2, 0.25) is 11.8 Å². The number of anilines is 1. The number of hydrogen-bond donors (Lipinski definition) is 1. The number of carbonyl (C=O) groups is 2. The van der Waals surface area contributed by atoms with Crippen LogP contribution in [0.5, 0.6) is 0 Å². The Kier molecular flexibility index (Phi) is 4.39. The fourth-order valence-electron chi connectivity index (χ4n) is 2.59. The largest absolute Gasteiger partial charge is 0.343 e. The van der Waals surface area contributed by atoms with E-state index in [1.165, 1.54) is 5.01 Å². The summed E-state index contributed by atoms with van der Waals surface area (Å²) in [5.74, 6) is 5.87. The van der Waals surface area contributed by atoms with E-state index in [0.29, 0.717) is 25.9 Å². The van der Waals surface area contributed by atoms with Crippen LogP contribution in [-0.4, -0.2) is 29.8 Å². The van der Waals surface area contributed by atoms with Crippen LogP contribution >= 0.6 is 0 Å². The molecule has 1 saturated heterocycles. The van der Waals surface area contributed by atoms with E-state index in [9.17, 15) is 9.59 Å². The summed E-state index contributed by atoms with van der Waals surface area (Å²) in [7, 11) is 0. The quantitative estimate of drug-likeness (QED) is 0.505. The van der Waals surface area contributed by atoms with Crippen LogP contribution in [0.4, 0.5) is 5.69 Å². The SMILES string of the molecule is CC(=O)N1CCC(C(=O)N(N)c2ccccc2C)CC1. The van der Waals surface area contributed by atoms with Gasteiger partial charge in [-0.3, -0.25) is 9.59 Å². The molecule has 1 fully saturated rings. The van der Waals surface area contributed by atoms with Crippen molar-refractivity contribution in [3.05, 3.63) is 29.8 Å². The van der Waals surface area contributed by atoms with Crippen LogP contribution in [0.2, 0.25) is 0 Å². The van der Waals surface area contributed by atoms with Gasteiger partial charge in [-0.25, -0.2) is 10.9 Å². The molecule has 5 heteroatoms. The third-order valence-corrected chi connectivity index (χ3v) is 3.90. The van der Waals surface area contributed by atoms with Crippen molar-refractivity contribution in [1.29, 1.82) is 0 Å². The minimum Gasteiger partial charge on any atom is -0.343 e. The van der Waals surface area contributed by atoms with E-state index >= 15 is 0 Å². The minimum absolute atomic E-state index is 0.0671. The molecule has 2 N–H and O–H groups in total. The van der Waals surface area contributed by atoms with Gasteiger partial charge in [-0.2, -0.15) is 0 Å². The van der Waals surface area contributed by atoms with E-state index in [1.807, 2.05) is 31.2 Å². The van der Waals surface area contributed by atoms with Crippen LogP contribution in [-0.2, 0) is 9.59 Å². The van der Waals surface area contributed by atoms with Crippen LogP contribution < -0.4 is 10.9 Å². The second-order valence-electron chi connectivity index (χ2n) is 5.28. The molecule has 2 rings (SSSR count). The average Bonchev–Trinajstić information content (AvgIpc) is 2.46. The first kappa shape index (κ1) is 14.5. The van der Waals surface area contributed by atoms with E-state index in [-0.39, 0.29) is 17.7 Å². The van der Waals surface area contributed by atoms with E-state index < -0.39 is 0 Å². The van der Waals surface area contributed by atoms with Gasteiger partial charge in [0.25, 0.3) is 0 Å². The highest BCUT2D eigenvalue weighted by Gasteiger charge is 2.29. The van der Waals surface area contributed by atoms with Gasteiger partial charge in [-0.05, 0) is 31.4 Å². The number of benzene rings is 1. The van der Waals surface area contributed by atoms with Gasteiger partial charge in [-0.1, -0.05) is 18.2 Å². The van der Waals surface area contributed by atoms with E-state index in [0.717, 1.165) is 11.3 Å². The first-order chi connectivity index (χ1) is 9.50. The second-order valence-corrected chi connectivity index (χ2v) is 5.28. The Bertz CT molecular complexity index is 508. The van der Waals surface area contributed by atoms with Crippen LogP contribution in [0.25, 0.3) is 0 Å². The molecule has 1 heterocycles. The van der Waals surface area contributed by atoms with Gasteiger partial charge in [0.1, 0.15) is 0 Å². The lowest BCUT2D eigenvalue weighted by Crippen LogP contribution is -2.46. The lowest BCUT2D eigenvalue weighted by atomic mass is 9.95. The summed E-state index contributed by atoms with van der Waals surface area (Å²) in [4.78, 5) is 25.5. The molecule has 2 amide bonds. The number of rotatable bonds is 2. The normalized spacial score (nSPS) is 16.1. The number of amides is 2. The summed E-state index contributed by atoms with van der Waals surface area (Å²) >= 11 is 0. The minimum atomic E-state index is -0.102. The van der Waals surface area contributed by atoms with Crippen molar-refractivity contribution < 1.29 is 9.59 Å². The summed E-state index contributed by atoms with van der Waals surface area (Å²) in [6.07, 6.45) is 1.36. The van der Waals surface area contributed by atoms with E-state index in [2.05, 4.69) is 0 Å². The summed E-state index contributed by atoms with van der Waals surface area (Å²) in [6, 6.07) is 7.56. The molecular weight excluding hydrogens is 254 g/mol. The molecule has 0 aliphatic carbocycles. The molecule has 0 saturated carbocycles. The number of hydrazine groups is 1. The number of hydrogen-bond acceptors (Lipinski definition) is 3. The highest BCUT2D eigenvalue weighted by Crippen LogP contribution is 2.23. The lowest BCUT2D eigenvalue weighted by molar-refractivity contribution is -0.133. The Morgan fingerprint density at radius 3 is 2.40 bits per heavy atom. The smallest absolute Gasteiger partial charge is 0.244 e. The third kappa shape index (κ3) is 2.99. The third-order valence-electron chi connectivity index (χ3n) is 3.90. The monoisotopic (exact) mass is 275 g/mol. The molecule has 1 aliphatic rings. The molecule has 5 nitrogen and oxygen atoms in total. The summed E-state index contributed by atoms with van der Waals surface area (Å²) < 4.78 is 0. The number of nitrogens with two attached hydrogens (primary N) is 1. The van der Waals surface area contributed by atoms with E-state index in [4.69, 9.17) is 5.84 Å². The number of carbonyl (C=O) groups excluding carboxylic acids is 2. The van der Waals surface area contributed by atoms with Crippen LogP contribution in [0.1, 0.15) is 25.3 Å². The van der Waals surface area contributed by atoms with Crippen molar-refractivity contribution in [3.8, 4) is 0 Å². The van der Waals surface area contributed by atoms with Crippen LogP contribution in [0, 0.1) is 12.8 Å². The maximum absolute atomic E-state index is 12.4. The van der Waals surface area contributed by atoms with Crippen molar-refractivity contribution >= 4 is 17.5 Å². The maximum atomic E-state index is 12.4. The molecule has 0 atom stereocenters. The van der Waals surface area contributed by atoms with Gasteiger partial charge < -0.3 is 4.90 Å². The molecule has 0 bridgehead atoms. The first-order valence-corrected chi connectivity index (χ1v) is 6.90. The highest BCUT2D eigenvalue weighted by atomic mass is 16.2.